The molecule has 186 valence electrons. The Labute approximate surface area is 208 Å². The fraction of sp³-hybridized carbons (Fsp3) is 0.333. The molecule has 1 heterocycles. The van der Waals surface area contributed by atoms with E-state index in [1.54, 1.807) is 18.2 Å². The second-order valence-corrected chi connectivity index (χ2v) is 7.73. The van der Waals surface area contributed by atoms with Crippen LogP contribution in [0.5, 0.6) is 11.5 Å². The summed E-state index contributed by atoms with van der Waals surface area (Å²) < 4.78 is 23.6. The molecule has 0 spiro atoms. The number of fused-ring (bicyclic) bond motifs is 1. The maximum Gasteiger partial charge on any atom is 0.257 e. The van der Waals surface area contributed by atoms with Gasteiger partial charge in [-0.2, -0.15) is 0 Å². The molecule has 0 radical (unpaired) electrons. The van der Waals surface area contributed by atoms with E-state index in [4.69, 9.17) is 32.7 Å². The summed E-state index contributed by atoms with van der Waals surface area (Å²) in [5.74, 6) is -0.0362. The van der Waals surface area contributed by atoms with Crippen molar-refractivity contribution < 1.29 is 28.6 Å². The van der Waals surface area contributed by atoms with E-state index in [0.29, 0.717) is 37.6 Å². The number of carbonyl (C=O) groups is 2. The van der Waals surface area contributed by atoms with Gasteiger partial charge >= 0.3 is 0 Å². The molecule has 34 heavy (non-hydrogen) atoms. The molecule has 0 bridgehead atoms. The molecule has 2 aromatic carbocycles. The maximum absolute atomic E-state index is 13.1. The highest BCUT2D eigenvalue weighted by Crippen LogP contribution is 2.33. The van der Waals surface area contributed by atoms with Crippen LogP contribution in [-0.4, -0.2) is 43.2 Å². The smallest absolute Gasteiger partial charge is 0.257 e. The van der Waals surface area contributed by atoms with Crippen LogP contribution >= 0.6 is 23.2 Å². The summed E-state index contributed by atoms with van der Waals surface area (Å²) >= 11 is 11.3. The Morgan fingerprint density at radius 3 is 2.56 bits per heavy atom. The SMILES string of the molecule is C=C.CC(=O)NCCCNC(=O)COc1ccc(Cl)c(F)c1.OC1CCOc2ccc(Cl)cc21. The number of rotatable bonds is 7. The van der Waals surface area contributed by atoms with Crippen molar-refractivity contribution in [3.8, 4) is 11.5 Å². The Hall–Kier alpha value is -2.81. The molecule has 1 aliphatic heterocycles. The number of carbonyl (C=O) groups excluding carboxylic acids is 2. The van der Waals surface area contributed by atoms with E-state index < -0.39 is 11.9 Å². The van der Waals surface area contributed by atoms with Gasteiger partial charge < -0.3 is 25.2 Å². The lowest BCUT2D eigenvalue weighted by molar-refractivity contribution is -0.123. The zero-order valence-electron chi connectivity index (χ0n) is 18.9. The van der Waals surface area contributed by atoms with Gasteiger partial charge in [-0.1, -0.05) is 23.2 Å². The fourth-order valence-corrected chi connectivity index (χ4v) is 2.99. The van der Waals surface area contributed by atoms with Crippen molar-refractivity contribution in [2.45, 2.75) is 25.9 Å². The average Bonchev–Trinajstić information content (AvgIpc) is 2.82. The first-order valence-electron chi connectivity index (χ1n) is 10.5. The lowest BCUT2D eigenvalue weighted by atomic mass is 10.0. The number of aliphatic hydroxyl groups is 1. The topological polar surface area (TPSA) is 96.9 Å². The van der Waals surface area contributed by atoms with Gasteiger partial charge in [-0.3, -0.25) is 9.59 Å². The van der Waals surface area contributed by atoms with Gasteiger partial charge in [0.15, 0.2) is 6.61 Å². The summed E-state index contributed by atoms with van der Waals surface area (Å²) in [7, 11) is 0. The Kier molecular flexibility index (Phi) is 13.7. The van der Waals surface area contributed by atoms with Crippen molar-refractivity contribution in [1.82, 2.24) is 10.6 Å². The highest BCUT2D eigenvalue weighted by Gasteiger charge is 2.18. The lowest BCUT2D eigenvalue weighted by Crippen LogP contribution is -2.32. The molecule has 0 aromatic heterocycles. The third kappa shape index (κ3) is 10.9. The maximum atomic E-state index is 13.1. The Bertz CT molecular complexity index is 946. The standard InChI is InChI=1S/C13H16ClFN2O3.C9H9ClO2.C2H4/c1-9(18)16-5-2-6-17-13(19)8-20-10-3-4-11(14)12(15)7-10;10-6-1-2-9-7(5-6)8(11)3-4-12-9;1-2/h3-4,7H,2,5-6,8H2,1H3,(H,16,18)(H,17,19);1-2,5,8,11H,3-4H2;1-2H2. The van der Waals surface area contributed by atoms with Gasteiger partial charge in [-0.25, -0.2) is 4.39 Å². The van der Waals surface area contributed by atoms with Crippen LogP contribution in [0.25, 0.3) is 0 Å². The van der Waals surface area contributed by atoms with Gasteiger partial charge in [0.25, 0.3) is 5.91 Å². The molecule has 10 heteroatoms. The molecule has 3 N–H and O–H groups in total. The monoisotopic (exact) mass is 514 g/mol. The number of ether oxygens (including phenoxy) is 2. The number of halogens is 3. The van der Waals surface area contributed by atoms with Gasteiger partial charge in [0.05, 0.1) is 17.7 Å². The summed E-state index contributed by atoms with van der Waals surface area (Å²) in [6.07, 6.45) is 0.848. The van der Waals surface area contributed by atoms with Crippen LogP contribution in [0, 0.1) is 5.82 Å². The predicted molar refractivity (Wildman–Crippen MR) is 131 cm³/mol. The van der Waals surface area contributed by atoms with Crippen LogP contribution in [0.4, 0.5) is 4.39 Å². The van der Waals surface area contributed by atoms with Gasteiger partial charge in [-0.05, 0) is 36.8 Å². The molecule has 0 saturated heterocycles. The first kappa shape index (κ1) is 29.2. The molecule has 3 rings (SSSR count). The molecule has 2 amide bonds. The number of hydrogen-bond donors (Lipinski definition) is 3. The summed E-state index contributed by atoms with van der Waals surface area (Å²) in [5.41, 5.74) is 0.800. The minimum absolute atomic E-state index is 0.000210. The highest BCUT2D eigenvalue weighted by atomic mass is 35.5. The molecule has 2 aromatic rings. The van der Waals surface area contributed by atoms with Crippen LogP contribution < -0.4 is 20.1 Å². The molecule has 1 aliphatic rings. The Morgan fingerprint density at radius 2 is 1.88 bits per heavy atom. The molecule has 1 unspecified atom stereocenters. The van der Waals surface area contributed by atoms with E-state index in [-0.39, 0.29) is 29.2 Å². The largest absolute Gasteiger partial charge is 0.493 e. The van der Waals surface area contributed by atoms with Crippen LogP contribution in [0.15, 0.2) is 49.6 Å². The molecule has 0 fully saturated rings. The normalized spacial score (nSPS) is 13.5. The second kappa shape index (κ2) is 15.9. The Balaban J connectivity index is 0.000000349. The molecule has 0 aliphatic carbocycles. The third-order valence-electron chi connectivity index (χ3n) is 4.29. The minimum Gasteiger partial charge on any atom is -0.493 e. The molecular formula is C24H29Cl2FN2O5. The summed E-state index contributed by atoms with van der Waals surface area (Å²) in [5, 5.41) is 15.4. The van der Waals surface area contributed by atoms with E-state index in [1.165, 1.54) is 19.1 Å². The average molecular weight is 515 g/mol. The van der Waals surface area contributed by atoms with Crippen LogP contribution in [0.1, 0.15) is 31.4 Å². The summed E-state index contributed by atoms with van der Waals surface area (Å²) in [4.78, 5) is 22.0. The van der Waals surface area contributed by atoms with E-state index in [0.717, 1.165) is 17.4 Å². The van der Waals surface area contributed by atoms with Gasteiger partial charge in [-0.15, -0.1) is 13.2 Å². The van der Waals surface area contributed by atoms with E-state index in [1.807, 2.05) is 0 Å². The van der Waals surface area contributed by atoms with Gasteiger partial charge in [0.2, 0.25) is 5.91 Å². The van der Waals surface area contributed by atoms with Gasteiger partial charge in [0, 0.05) is 43.1 Å². The third-order valence-corrected chi connectivity index (χ3v) is 4.83. The predicted octanol–water partition coefficient (Wildman–Crippen LogP) is 4.46. The number of amides is 2. The van der Waals surface area contributed by atoms with Crippen molar-refractivity contribution >= 4 is 35.0 Å². The van der Waals surface area contributed by atoms with Crippen LogP contribution in [-0.2, 0) is 9.59 Å². The van der Waals surface area contributed by atoms with Crippen LogP contribution in [0.3, 0.4) is 0 Å². The van der Waals surface area contributed by atoms with Crippen molar-refractivity contribution in [2.24, 2.45) is 0 Å². The van der Waals surface area contributed by atoms with Crippen molar-refractivity contribution in [2.75, 3.05) is 26.3 Å². The lowest BCUT2D eigenvalue weighted by Gasteiger charge is -2.21. The van der Waals surface area contributed by atoms with E-state index >= 15 is 0 Å². The summed E-state index contributed by atoms with van der Waals surface area (Å²) in [6, 6.07) is 9.26. The first-order chi connectivity index (χ1) is 16.3. The van der Waals surface area contributed by atoms with E-state index in [2.05, 4.69) is 23.8 Å². The second-order valence-electron chi connectivity index (χ2n) is 6.89. The molecule has 0 saturated carbocycles. The van der Waals surface area contributed by atoms with Crippen molar-refractivity contribution in [1.29, 1.82) is 0 Å². The minimum atomic E-state index is -0.597. The van der Waals surface area contributed by atoms with Crippen molar-refractivity contribution in [3.63, 3.8) is 0 Å². The van der Waals surface area contributed by atoms with Crippen molar-refractivity contribution in [3.05, 3.63) is 71.0 Å². The number of aliphatic hydroxyl groups excluding tert-OH is 1. The molecule has 1 atom stereocenters. The fourth-order valence-electron chi connectivity index (χ4n) is 2.69. The Morgan fingerprint density at radius 1 is 1.18 bits per heavy atom. The zero-order chi connectivity index (χ0) is 25.5. The number of benzene rings is 2. The first-order valence-corrected chi connectivity index (χ1v) is 11.2. The molecule has 7 nitrogen and oxygen atoms in total. The zero-order valence-corrected chi connectivity index (χ0v) is 20.4. The highest BCUT2D eigenvalue weighted by molar-refractivity contribution is 6.31. The number of nitrogens with one attached hydrogen (secondary N) is 2. The van der Waals surface area contributed by atoms with Gasteiger partial charge in [0.1, 0.15) is 17.3 Å². The van der Waals surface area contributed by atoms with E-state index in [9.17, 15) is 19.1 Å². The molecular weight excluding hydrogens is 486 g/mol. The van der Waals surface area contributed by atoms with Crippen LogP contribution in [0.2, 0.25) is 10.0 Å². The summed E-state index contributed by atoms with van der Waals surface area (Å²) in [6.45, 7) is 8.73. The number of hydrogen-bond acceptors (Lipinski definition) is 5. The quantitative estimate of drug-likeness (QED) is 0.374.